The van der Waals surface area contributed by atoms with Crippen LogP contribution in [0.3, 0.4) is 0 Å². The highest BCUT2D eigenvalue weighted by Gasteiger charge is 2.35. The normalized spacial score (nSPS) is 14.8. The number of nitrogens with two attached hydrogens (primary N) is 1. The molecule has 0 amide bonds. The second-order valence-corrected chi connectivity index (χ2v) is 15.2. The van der Waals surface area contributed by atoms with Crippen molar-refractivity contribution in [1.29, 1.82) is 5.26 Å². The predicted octanol–water partition coefficient (Wildman–Crippen LogP) is 7.21. The molecule has 2 aromatic heterocycles. The number of ether oxygens (including phenoxy) is 3. The van der Waals surface area contributed by atoms with E-state index < -0.39 is 51.4 Å². The summed E-state index contributed by atoms with van der Waals surface area (Å²) in [6, 6.07) is 11.2. The number of nitrogens with zero attached hydrogens (tertiary/aromatic N) is 4. The predicted molar refractivity (Wildman–Crippen MR) is 207 cm³/mol. The lowest BCUT2D eigenvalue weighted by molar-refractivity contribution is -0.0806. The zero-order chi connectivity index (χ0) is 39.7. The molecule has 1 unspecified atom stereocenters. The minimum Gasteiger partial charge on any atom is -0.454 e. The first-order chi connectivity index (χ1) is 26.7. The topological polar surface area (TPSA) is 221 Å². The van der Waals surface area contributed by atoms with Gasteiger partial charge in [0.15, 0.2) is 11.9 Å². The van der Waals surface area contributed by atoms with Crippen LogP contribution in [0.1, 0.15) is 132 Å². The van der Waals surface area contributed by atoms with Gasteiger partial charge in [-0.3, -0.25) is 9.05 Å². The second-order valence-electron chi connectivity index (χ2n) is 13.7. The number of hydrogen-bond donors (Lipinski definition) is 4. The van der Waals surface area contributed by atoms with Crippen LogP contribution in [-0.4, -0.2) is 80.4 Å². The smallest absolute Gasteiger partial charge is 0.454 e. The van der Waals surface area contributed by atoms with Crippen LogP contribution in [0, 0.1) is 11.5 Å². The molecule has 0 radical (unpaired) electrons. The van der Waals surface area contributed by atoms with Crippen molar-refractivity contribution < 1.29 is 47.7 Å². The average Bonchev–Trinajstić information content (AvgIpc) is 3.63. The van der Waals surface area contributed by atoms with Gasteiger partial charge in [0, 0.05) is 6.61 Å². The zero-order valence-electron chi connectivity index (χ0n) is 32.1. The number of benzene rings is 1. The summed E-state index contributed by atoms with van der Waals surface area (Å²) in [5.41, 5.74) is 6.57. The number of carbonyl (C=O) groups is 1. The van der Waals surface area contributed by atoms with E-state index in [1.54, 1.807) is 30.3 Å². The fourth-order valence-electron chi connectivity index (χ4n) is 6.10. The number of anilines is 1. The molecule has 55 heavy (non-hydrogen) atoms. The summed E-state index contributed by atoms with van der Waals surface area (Å²) in [5.74, 6) is -0.536. The molecule has 1 aromatic carbocycles. The Morgan fingerprint density at radius 2 is 1.44 bits per heavy atom. The van der Waals surface area contributed by atoms with Crippen LogP contribution in [0.5, 0.6) is 0 Å². The van der Waals surface area contributed by atoms with Crippen LogP contribution in [0.4, 0.5) is 5.82 Å². The quantitative estimate of drug-likeness (QED) is 0.0219. The molecule has 0 bridgehead atoms. The van der Waals surface area contributed by atoms with E-state index in [1.807, 2.05) is 0 Å². The van der Waals surface area contributed by atoms with E-state index in [2.05, 4.69) is 17.0 Å². The Bertz CT molecular complexity index is 1590. The van der Waals surface area contributed by atoms with Crippen molar-refractivity contribution in [2.24, 2.45) is 0 Å². The van der Waals surface area contributed by atoms with Gasteiger partial charge in [0.05, 0.1) is 31.1 Å². The van der Waals surface area contributed by atoms with E-state index in [-0.39, 0.29) is 23.7 Å². The number of carbonyl (C=O) groups excluding carboxylic acids is 1. The number of aliphatic hydroxyl groups excluding tert-OH is 2. The third kappa shape index (κ3) is 17.4. The molecular weight excluding hydrogens is 729 g/mol. The lowest BCUT2D eigenvalue weighted by Gasteiger charge is -2.25. The number of unbranched alkanes of at least 4 members (excludes halogenated alkanes) is 15. The fourth-order valence-corrected chi connectivity index (χ4v) is 6.87. The third-order valence-electron chi connectivity index (χ3n) is 9.28. The van der Waals surface area contributed by atoms with Gasteiger partial charge in [-0.05, 0) is 30.7 Å². The van der Waals surface area contributed by atoms with Gasteiger partial charge in [-0.25, -0.2) is 18.9 Å². The van der Waals surface area contributed by atoms with E-state index in [1.165, 1.54) is 106 Å². The maximum Gasteiger partial charge on any atom is 0.472 e. The Labute approximate surface area is 324 Å². The lowest BCUT2D eigenvalue weighted by Crippen LogP contribution is -2.37. The SMILES string of the molecule is CCCCCCCCCCCCCCCCCCOC[C@H](COP(=O)(O)OC[C@@H](OC#N)[C@@H](O)[C@@H](O)c1ccc2c(N)ncnn12)OC(=O)c1ccccc1. The van der Waals surface area contributed by atoms with Crippen LogP contribution in [0.15, 0.2) is 48.8 Å². The average molecular weight is 790 g/mol. The Morgan fingerprint density at radius 1 is 0.855 bits per heavy atom. The van der Waals surface area contributed by atoms with Gasteiger partial charge < -0.3 is 35.1 Å². The summed E-state index contributed by atoms with van der Waals surface area (Å²) in [6.45, 7) is 1.18. The Kier molecular flexibility index (Phi) is 21.9. The number of hydrogen-bond acceptors (Lipinski definition) is 13. The first-order valence-corrected chi connectivity index (χ1v) is 21.1. The highest BCUT2D eigenvalue weighted by Crippen LogP contribution is 2.44. The molecule has 0 saturated heterocycles. The number of phosphoric ester groups is 1. The van der Waals surface area contributed by atoms with Gasteiger partial charge >= 0.3 is 13.8 Å². The monoisotopic (exact) mass is 789 g/mol. The second kappa shape index (κ2) is 26.3. The van der Waals surface area contributed by atoms with Crippen LogP contribution in [0.2, 0.25) is 0 Å². The number of rotatable bonds is 31. The zero-order valence-corrected chi connectivity index (χ0v) is 33.0. The van der Waals surface area contributed by atoms with Crippen LogP contribution in [-0.2, 0) is 27.8 Å². The number of fused-ring (bicyclic) bond motifs is 1. The molecule has 5 atom stereocenters. The van der Waals surface area contributed by atoms with E-state index in [0.29, 0.717) is 12.1 Å². The highest BCUT2D eigenvalue weighted by molar-refractivity contribution is 7.47. The van der Waals surface area contributed by atoms with Crippen molar-refractivity contribution >= 4 is 25.1 Å². The molecular formula is C39H60N5O10P. The molecule has 2 heterocycles. The summed E-state index contributed by atoms with van der Waals surface area (Å²) in [4.78, 5) is 27.1. The van der Waals surface area contributed by atoms with Crippen molar-refractivity contribution in [3.05, 3.63) is 60.0 Å². The first-order valence-electron chi connectivity index (χ1n) is 19.6. The number of aliphatic hydroxyl groups is 2. The van der Waals surface area contributed by atoms with Gasteiger partial charge in [-0.15, -0.1) is 0 Å². The fraction of sp³-hybridized carbons (Fsp3) is 0.641. The molecule has 15 nitrogen and oxygen atoms in total. The van der Waals surface area contributed by atoms with Crippen LogP contribution >= 0.6 is 7.82 Å². The van der Waals surface area contributed by atoms with Gasteiger partial charge in [0.25, 0.3) is 6.26 Å². The maximum atomic E-state index is 12.9. The molecule has 3 aromatic rings. The molecule has 5 N–H and O–H groups in total. The number of nitriles is 1. The lowest BCUT2D eigenvalue weighted by atomic mass is 10.0. The number of nitrogen functional groups attached to an aromatic ring is 1. The minimum atomic E-state index is -4.86. The Morgan fingerprint density at radius 3 is 2.04 bits per heavy atom. The van der Waals surface area contributed by atoms with Crippen molar-refractivity contribution in [3.63, 3.8) is 0 Å². The van der Waals surface area contributed by atoms with E-state index in [0.717, 1.165) is 25.6 Å². The van der Waals surface area contributed by atoms with Gasteiger partial charge in [-0.1, -0.05) is 121 Å². The Balaban J connectivity index is 1.39. The summed E-state index contributed by atoms with van der Waals surface area (Å²) >= 11 is 0. The number of aromatic nitrogens is 3. The standard InChI is InChI=1S/C39H60N5O10P/c1-2-3-4-5-6-7-8-9-10-11-12-13-14-15-16-20-25-50-26-32(54-39(47)31-21-18-17-19-22-31)27-52-55(48,49)53-28-35(51-29-40)37(46)36(45)33-23-24-34-38(41)42-30-43-44(33)34/h17-19,21-24,30,32,35-37,45-46H,2-16,20,25-28H2,1H3,(H,48,49)(H2,41,42,43)/t32-,35-,36+,37-/m1/s1. The van der Waals surface area contributed by atoms with Crippen molar-refractivity contribution in [2.75, 3.05) is 32.2 Å². The summed E-state index contributed by atoms with van der Waals surface area (Å²) in [5, 5.41) is 34.8. The molecule has 3 rings (SSSR count). The summed E-state index contributed by atoms with van der Waals surface area (Å²) in [7, 11) is -4.86. The van der Waals surface area contributed by atoms with Crippen molar-refractivity contribution in [3.8, 4) is 6.26 Å². The first kappa shape index (κ1) is 45.8. The molecule has 0 saturated carbocycles. The minimum absolute atomic E-state index is 0.0919. The molecule has 306 valence electrons. The van der Waals surface area contributed by atoms with Gasteiger partial charge in [0.2, 0.25) is 0 Å². The summed E-state index contributed by atoms with van der Waals surface area (Å²) < 4.78 is 40.5. The highest BCUT2D eigenvalue weighted by atomic mass is 31.2. The van der Waals surface area contributed by atoms with Crippen LogP contribution in [0.25, 0.3) is 5.52 Å². The molecule has 0 fully saturated rings. The van der Waals surface area contributed by atoms with Crippen LogP contribution < -0.4 is 5.73 Å². The summed E-state index contributed by atoms with van der Waals surface area (Å²) in [6.07, 6.45) is 16.5. The van der Waals surface area contributed by atoms with Crippen molar-refractivity contribution in [2.45, 2.75) is 134 Å². The van der Waals surface area contributed by atoms with E-state index in [4.69, 9.17) is 34.3 Å². The van der Waals surface area contributed by atoms with Gasteiger partial charge in [0.1, 0.15) is 30.2 Å². The Hall–Kier alpha value is -3.61. The van der Waals surface area contributed by atoms with E-state index in [9.17, 15) is 24.5 Å². The third-order valence-corrected chi connectivity index (χ3v) is 10.2. The molecule has 0 spiro atoms. The van der Waals surface area contributed by atoms with E-state index >= 15 is 0 Å². The molecule has 0 aliphatic rings. The largest absolute Gasteiger partial charge is 0.472 e. The van der Waals surface area contributed by atoms with Gasteiger partial charge in [-0.2, -0.15) is 10.4 Å². The number of phosphoric acid groups is 1. The molecule has 0 aliphatic carbocycles. The number of esters is 1. The molecule has 0 aliphatic heterocycles. The maximum absolute atomic E-state index is 12.9. The molecule has 16 heteroatoms. The van der Waals surface area contributed by atoms with Crippen molar-refractivity contribution in [1.82, 2.24) is 14.6 Å².